The predicted molar refractivity (Wildman–Crippen MR) is 102 cm³/mol. The van der Waals surface area contributed by atoms with Gasteiger partial charge in [-0.3, -0.25) is 10.4 Å². The number of carboxylic acid groups (broad SMARTS) is 1. The van der Waals surface area contributed by atoms with E-state index in [-0.39, 0.29) is 11.7 Å². The normalized spacial score (nSPS) is 8.28. The molecule has 6 N–H and O–H groups in total. The summed E-state index contributed by atoms with van der Waals surface area (Å²) in [6, 6.07) is 10.5. The second-order valence-electron chi connectivity index (χ2n) is 4.71. The standard InChI is InChI=1S/C6H5NO2.C5H5N.C5H11.CH5N3.K/c8-6(9)5-3-1-2-4-7-5;1-2-4-6-5-3-1;1-3-5-4-2;2-1(3)4;/h1-4H,(H,8,9);1-5H;1,3-5H2,2H3;(H5,2,3,4);. The van der Waals surface area contributed by atoms with Crippen LogP contribution in [0, 0.1) is 5.41 Å². The Morgan fingerprint density at radius 3 is 1.88 bits per heavy atom. The molecule has 0 radical (unpaired) electrons. The zero-order valence-electron chi connectivity index (χ0n) is 14.9. The number of nitrogens with zero attached hydrogens (tertiary/aromatic N) is 2. The molecule has 2 heterocycles. The van der Waals surface area contributed by atoms with E-state index in [0.717, 1.165) is 49.0 Å². The zero-order valence-corrected chi connectivity index (χ0v) is 18.1. The molecular formula is C17H26KN5O2. The molecule has 0 spiro atoms. The molecular weight excluding hydrogens is 345 g/mol. The van der Waals surface area contributed by atoms with Gasteiger partial charge in [-0.15, -0.1) is 0 Å². The van der Waals surface area contributed by atoms with Gasteiger partial charge in [0.05, 0.1) is 0 Å². The first-order chi connectivity index (χ1) is 12.0. The summed E-state index contributed by atoms with van der Waals surface area (Å²) in [4.78, 5) is 17.5. The molecule has 0 aliphatic rings. The van der Waals surface area contributed by atoms with E-state index in [2.05, 4.69) is 28.4 Å². The molecule has 0 amide bonds. The molecule has 132 valence electrons. The molecule has 8 heteroatoms. The number of unbranched alkanes of at least 4 members (excludes halogenated alkanes) is 2. The fourth-order valence-electron chi connectivity index (χ4n) is 1.30. The third kappa shape index (κ3) is 25.0. The molecule has 0 saturated heterocycles. The number of carbonyl (C=O) groups is 1. The van der Waals surface area contributed by atoms with Gasteiger partial charge in [0.1, 0.15) is 5.69 Å². The van der Waals surface area contributed by atoms with E-state index < -0.39 is 5.97 Å². The summed E-state index contributed by atoms with van der Waals surface area (Å²) in [5.41, 5.74) is 9.03. The van der Waals surface area contributed by atoms with Crippen LogP contribution in [0.4, 0.5) is 0 Å². The molecule has 0 unspecified atom stereocenters. The average Bonchev–Trinajstić information content (AvgIpc) is 2.63. The Morgan fingerprint density at radius 1 is 1.12 bits per heavy atom. The number of hydrogen-bond donors (Lipinski definition) is 4. The zero-order chi connectivity index (χ0) is 19.3. The van der Waals surface area contributed by atoms with E-state index >= 15 is 0 Å². The van der Waals surface area contributed by atoms with Crippen molar-refractivity contribution in [2.75, 3.05) is 0 Å². The Kier molecular flexibility index (Phi) is 21.5. The maximum atomic E-state index is 10.1. The van der Waals surface area contributed by atoms with Crippen molar-refractivity contribution in [3.63, 3.8) is 0 Å². The van der Waals surface area contributed by atoms with Crippen LogP contribution in [0.2, 0.25) is 0.515 Å². The fourth-order valence-corrected chi connectivity index (χ4v) is 2.08. The molecule has 7 nitrogen and oxygen atoms in total. The first kappa shape index (κ1) is 25.9. The quantitative estimate of drug-likeness (QED) is 0.282. The van der Waals surface area contributed by atoms with E-state index in [9.17, 15) is 4.79 Å². The molecule has 25 heavy (non-hydrogen) atoms. The largest absolute Gasteiger partial charge is 0.477 e. The minimum atomic E-state index is -0.990. The SMILES string of the molecule is CCCC[CH2][K].N=C(N)N.O=C(O)c1ccccn1.c1ccncc1. The van der Waals surface area contributed by atoms with Gasteiger partial charge in [0.25, 0.3) is 0 Å². The van der Waals surface area contributed by atoms with Gasteiger partial charge in [-0.1, -0.05) is 12.1 Å². The van der Waals surface area contributed by atoms with E-state index in [1.807, 2.05) is 18.2 Å². The van der Waals surface area contributed by atoms with Gasteiger partial charge < -0.3 is 16.6 Å². The van der Waals surface area contributed by atoms with Crippen LogP contribution in [-0.2, 0) is 0 Å². The van der Waals surface area contributed by atoms with E-state index in [1.54, 1.807) is 25.0 Å². The Labute approximate surface area is 183 Å². The molecule has 0 bridgehead atoms. The predicted octanol–water partition coefficient (Wildman–Crippen LogP) is 2.46. The van der Waals surface area contributed by atoms with Crippen LogP contribution < -0.4 is 11.5 Å². The number of aromatic carboxylic acids is 1. The summed E-state index contributed by atoms with van der Waals surface area (Å²) in [5, 5.41) is 14.4. The summed E-state index contributed by atoms with van der Waals surface area (Å²) in [5.74, 6) is -1.32. The van der Waals surface area contributed by atoms with Crippen molar-refractivity contribution in [3.8, 4) is 0 Å². The van der Waals surface area contributed by atoms with Crippen molar-refractivity contribution in [1.29, 1.82) is 5.41 Å². The van der Waals surface area contributed by atoms with Crippen LogP contribution >= 0.6 is 0 Å². The van der Waals surface area contributed by atoms with E-state index in [4.69, 9.17) is 10.5 Å². The van der Waals surface area contributed by atoms with Crippen molar-refractivity contribution in [2.24, 2.45) is 11.5 Å². The molecule has 0 aliphatic carbocycles. The summed E-state index contributed by atoms with van der Waals surface area (Å²) < 4.78 is 1.54. The molecule has 0 fully saturated rings. The van der Waals surface area contributed by atoms with Gasteiger partial charge >= 0.3 is 81.6 Å². The number of nitrogens with one attached hydrogen (secondary N) is 1. The Bertz CT molecular complexity index is 507. The van der Waals surface area contributed by atoms with E-state index in [0.29, 0.717) is 0 Å². The first-order valence-corrected chi connectivity index (χ1v) is 10.2. The van der Waals surface area contributed by atoms with Gasteiger partial charge in [0, 0.05) is 18.6 Å². The Morgan fingerprint density at radius 2 is 1.68 bits per heavy atom. The van der Waals surface area contributed by atoms with Crippen molar-refractivity contribution in [2.45, 2.75) is 26.7 Å². The minimum Gasteiger partial charge on any atom is -0.477 e. The van der Waals surface area contributed by atoms with Crippen LogP contribution in [0.3, 0.4) is 0 Å². The second-order valence-corrected chi connectivity index (χ2v) is 6.27. The maximum Gasteiger partial charge on any atom is 0.354 e. The summed E-state index contributed by atoms with van der Waals surface area (Å²) in [6.45, 7) is 2.25. The third-order valence-electron chi connectivity index (χ3n) is 2.41. The monoisotopic (exact) mass is 371 g/mol. The van der Waals surface area contributed by atoms with Gasteiger partial charge in [0.15, 0.2) is 5.96 Å². The summed E-state index contributed by atoms with van der Waals surface area (Å²) in [7, 11) is 0. The van der Waals surface area contributed by atoms with Crippen LogP contribution in [0.15, 0.2) is 55.0 Å². The average molecular weight is 372 g/mol. The molecule has 0 aromatic carbocycles. The van der Waals surface area contributed by atoms with Crippen LogP contribution in [0.1, 0.15) is 36.7 Å². The smallest absolute Gasteiger partial charge is 0.354 e. The van der Waals surface area contributed by atoms with Crippen LogP contribution in [0.25, 0.3) is 0 Å². The number of aromatic nitrogens is 2. The summed E-state index contributed by atoms with van der Waals surface area (Å²) in [6.07, 6.45) is 9.29. The number of pyridine rings is 2. The topological polar surface area (TPSA) is 139 Å². The molecule has 0 saturated carbocycles. The maximum absolute atomic E-state index is 10.1. The Hall–Kier alpha value is -1.32. The number of hydrogen-bond acceptors (Lipinski definition) is 4. The van der Waals surface area contributed by atoms with E-state index in [1.165, 1.54) is 31.5 Å². The van der Waals surface area contributed by atoms with Crippen molar-refractivity contribution < 1.29 is 9.90 Å². The molecule has 2 rings (SSSR count). The minimum absolute atomic E-state index is 0.0810. The van der Waals surface area contributed by atoms with Crippen molar-refractivity contribution >= 4 is 60.9 Å². The Balaban J connectivity index is 0. The second kappa shape index (κ2) is 20.7. The van der Waals surface area contributed by atoms with Crippen LogP contribution in [-0.4, -0.2) is 76.0 Å². The first-order valence-electron chi connectivity index (χ1n) is 8.04. The molecule has 2 aromatic heterocycles. The number of nitrogens with two attached hydrogens (primary N) is 2. The van der Waals surface area contributed by atoms with Gasteiger partial charge in [-0.2, -0.15) is 0 Å². The van der Waals surface area contributed by atoms with Crippen molar-refractivity contribution in [3.05, 3.63) is 60.7 Å². The van der Waals surface area contributed by atoms with Gasteiger partial charge in [0.2, 0.25) is 0 Å². The number of carboxylic acids is 1. The van der Waals surface area contributed by atoms with Gasteiger partial charge in [-0.25, -0.2) is 9.78 Å². The molecule has 0 atom stereocenters. The number of rotatable bonds is 4. The van der Waals surface area contributed by atoms with Crippen LogP contribution in [0.5, 0.6) is 0 Å². The van der Waals surface area contributed by atoms with Crippen molar-refractivity contribution in [1.82, 2.24) is 9.97 Å². The third-order valence-corrected chi connectivity index (χ3v) is 3.51. The summed E-state index contributed by atoms with van der Waals surface area (Å²) >= 11 is 1.11. The molecule has 0 aliphatic heterocycles. The van der Waals surface area contributed by atoms with Gasteiger partial charge in [-0.05, 0) is 24.3 Å². The molecule has 2 aromatic rings. The number of guanidine groups is 1. The fraction of sp³-hybridized carbons (Fsp3) is 0.294.